The minimum absolute atomic E-state index is 0.202. The van der Waals surface area contributed by atoms with Gasteiger partial charge in [-0.05, 0) is 31.2 Å². The van der Waals surface area contributed by atoms with Gasteiger partial charge in [0.1, 0.15) is 11.7 Å². The maximum atomic E-state index is 5.53. The lowest BCUT2D eigenvalue weighted by atomic mass is 9.97. The molecule has 0 radical (unpaired) electrons. The minimum Gasteiger partial charge on any atom is -0.404 e. The molecule has 1 fully saturated rings. The summed E-state index contributed by atoms with van der Waals surface area (Å²) in [5.41, 5.74) is 5.73. The Bertz CT molecular complexity index is 378. The Labute approximate surface area is 123 Å². The zero-order chi connectivity index (χ0) is 15.2. The Balaban J connectivity index is 2.66. The van der Waals surface area contributed by atoms with Gasteiger partial charge >= 0.3 is 0 Å². The molecule has 0 saturated carbocycles. The van der Waals surface area contributed by atoms with Crippen molar-refractivity contribution in [1.29, 1.82) is 0 Å². The molecule has 0 aromatic rings. The number of hydrogen-bond donors (Lipinski definition) is 3. The Kier molecular flexibility index (Phi) is 6.07. The van der Waals surface area contributed by atoms with Gasteiger partial charge < -0.3 is 21.3 Å². The zero-order valence-corrected chi connectivity index (χ0v) is 13.2. The normalized spacial score (nSPS) is 20.7. The number of nitrogens with one attached hydrogen (secondary N) is 2. The lowest BCUT2D eigenvalue weighted by Gasteiger charge is -2.21. The maximum absolute atomic E-state index is 5.53. The van der Waals surface area contributed by atoms with Crippen LogP contribution >= 0.6 is 0 Å². The average molecular weight is 279 g/mol. The van der Waals surface area contributed by atoms with Crippen LogP contribution in [-0.2, 0) is 0 Å². The molecule has 1 aliphatic heterocycles. The van der Waals surface area contributed by atoms with Crippen molar-refractivity contribution < 1.29 is 0 Å². The molecule has 5 heteroatoms. The molecule has 0 bridgehead atoms. The maximum Gasteiger partial charge on any atom is 0.132 e. The summed E-state index contributed by atoms with van der Waals surface area (Å²) in [7, 11) is 1.99. The molecule has 0 aromatic carbocycles. The summed E-state index contributed by atoms with van der Waals surface area (Å²) >= 11 is 0. The van der Waals surface area contributed by atoms with E-state index in [9.17, 15) is 0 Å². The van der Waals surface area contributed by atoms with Crippen molar-refractivity contribution in [3.63, 3.8) is 0 Å². The van der Waals surface area contributed by atoms with Gasteiger partial charge in [-0.2, -0.15) is 0 Å². The van der Waals surface area contributed by atoms with Crippen LogP contribution in [0.1, 0.15) is 27.2 Å². The first kappa shape index (κ1) is 16.6. The molecule has 0 aliphatic carbocycles. The van der Waals surface area contributed by atoms with E-state index in [1.54, 1.807) is 0 Å². The quantitative estimate of drug-likeness (QED) is 0.523. The molecule has 0 amide bonds. The van der Waals surface area contributed by atoms with Crippen molar-refractivity contribution in [3.05, 3.63) is 24.7 Å². The fourth-order valence-corrected chi connectivity index (χ4v) is 2.05. The van der Waals surface area contributed by atoms with Crippen LogP contribution in [0.5, 0.6) is 0 Å². The highest BCUT2D eigenvalue weighted by Gasteiger charge is 2.22. The molecule has 1 atom stereocenters. The molecule has 20 heavy (non-hydrogen) atoms. The highest BCUT2D eigenvalue weighted by molar-refractivity contribution is 5.93. The van der Waals surface area contributed by atoms with Gasteiger partial charge in [0.2, 0.25) is 0 Å². The first-order chi connectivity index (χ1) is 9.35. The van der Waals surface area contributed by atoms with E-state index in [-0.39, 0.29) is 5.41 Å². The smallest absolute Gasteiger partial charge is 0.132 e. The van der Waals surface area contributed by atoms with E-state index >= 15 is 0 Å². The van der Waals surface area contributed by atoms with E-state index in [0.717, 1.165) is 31.9 Å². The molecule has 0 aromatic heterocycles. The summed E-state index contributed by atoms with van der Waals surface area (Å²) in [5.74, 6) is 1.55. The van der Waals surface area contributed by atoms with Crippen LogP contribution in [0.15, 0.2) is 29.7 Å². The summed E-state index contributed by atoms with van der Waals surface area (Å²) in [4.78, 5) is 6.79. The zero-order valence-electron chi connectivity index (χ0n) is 13.2. The molecule has 1 aliphatic rings. The lowest BCUT2D eigenvalue weighted by Crippen LogP contribution is -2.33. The van der Waals surface area contributed by atoms with Gasteiger partial charge in [-0.15, -0.1) is 0 Å². The van der Waals surface area contributed by atoms with Gasteiger partial charge in [0.15, 0.2) is 0 Å². The second-order valence-corrected chi connectivity index (χ2v) is 6.41. The summed E-state index contributed by atoms with van der Waals surface area (Å²) in [6.45, 7) is 13.3. The number of nitrogens with zero attached hydrogens (tertiary/aromatic N) is 2. The monoisotopic (exact) mass is 279 g/mol. The van der Waals surface area contributed by atoms with Gasteiger partial charge in [0.25, 0.3) is 0 Å². The Hall–Kier alpha value is -1.49. The average Bonchev–Trinajstić information content (AvgIpc) is 2.84. The minimum atomic E-state index is 0.202. The predicted molar refractivity (Wildman–Crippen MR) is 86.4 cm³/mol. The summed E-state index contributed by atoms with van der Waals surface area (Å²) in [5, 5.41) is 6.56. The Morgan fingerprint density at radius 2 is 2.20 bits per heavy atom. The first-order valence-corrected chi connectivity index (χ1v) is 7.17. The summed E-state index contributed by atoms with van der Waals surface area (Å²) in [6.07, 6.45) is 4.49. The third-order valence-electron chi connectivity index (χ3n) is 3.24. The van der Waals surface area contributed by atoms with Crippen molar-refractivity contribution in [2.75, 3.05) is 26.7 Å². The SMILES string of the molecule is C=C(N=C(/C=C\N)N1CC[C@H](NC)C1)NCC(C)(C)C. The number of hydrogen-bond acceptors (Lipinski definition) is 4. The largest absolute Gasteiger partial charge is 0.404 e. The predicted octanol–water partition coefficient (Wildman–Crippen LogP) is 1.26. The molecular formula is C15H29N5. The van der Waals surface area contributed by atoms with E-state index in [1.807, 2.05) is 13.1 Å². The third-order valence-corrected chi connectivity index (χ3v) is 3.24. The van der Waals surface area contributed by atoms with Crippen molar-refractivity contribution in [3.8, 4) is 0 Å². The number of amidine groups is 1. The van der Waals surface area contributed by atoms with Gasteiger partial charge in [0, 0.05) is 25.7 Å². The highest BCUT2D eigenvalue weighted by atomic mass is 15.2. The number of likely N-dealkylation sites (tertiary alicyclic amines) is 1. The molecule has 4 N–H and O–H groups in total. The van der Waals surface area contributed by atoms with E-state index in [0.29, 0.717) is 11.9 Å². The number of aliphatic imine (C=N–C) groups is 1. The fourth-order valence-electron chi connectivity index (χ4n) is 2.05. The molecule has 0 spiro atoms. The van der Waals surface area contributed by atoms with Crippen LogP contribution in [0.25, 0.3) is 0 Å². The third kappa shape index (κ3) is 5.65. The van der Waals surface area contributed by atoms with Gasteiger partial charge in [0.05, 0.1) is 0 Å². The molecule has 1 rings (SSSR count). The van der Waals surface area contributed by atoms with Crippen LogP contribution in [0.2, 0.25) is 0 Å². The first-order valence-electron chi connectivity index (χ1n) is 7.17. The van der Waals surface area contributed by atoms with Crippen LogP contribution in [0.4, 0.5) is 0 Å². The molecule has 0 unspecified atom stereocenters. The highest BCUT2D eigenvalue weighted by Crippen LogP contribution is 2.13. The molecule has 5 nitrogen and oxygen atoms in total. The number of rotatable bonds is 5. The summed E-state index contributed by atoms with van der Waals surface area (Å²) in [6, 6.07) is 0.516. The summed E-state index contributed by atoms with van der Waals surface area (Å²) < 4.78 is 0. The van der Waals surface area contributed by atoms with E-state index in [2.05, 4.69) is 47.9 Å². The topological polar surface area (TPSA) is 65.7 Å². The molecular weight excluding hydrogens is 250 g/mol. The van der Waals surface area contributed by atoms with Crippen LogP contribution in [0.3, 0.4) is 0 Å². The van der Waals surface area contributed by atoms with Crippen LogP contribution < -0.4 is 16.4 Å². The van der Waals surface area contributed by atoms with Gasteiger partial charge in [-0.1, -0.05) is 27.4 Å². The van der Waals surface area contributed by atoms with Crippen molar-refractivity contribution in [1.82, 2.24) is 15.5 Å². The Morgan fingerprint density at radius 1 is 1.50 bits per heavy atom. The van der Waals surface area contributed by atoms with Crippen molar-refractivity contribution in [2.45, 2.75) is 33.2 Å². The number of nitrogens with two attached hydrogens (primary N) is 1. The molecule has 114 valence electrons. The number of likely N-dealkylation sites (N-methyl/N-ethyl adjacent to an activating group) is 1. The second-order valence-electron chi connectivity index (χ2n) is 6.41. The fraction of sp³-hybridized carbons (Fsp3) is 0.667. The second kappa shape index (κ2) is 7.33. The van der Waals surface area contributed by atoms with Crippen molar-refractivity contribution in [2.24, 2.45) is 16.1 Å². The van der Waals surface area contributed by atoms with E-state index < -0.39 is 0 Å². The molecule has 1 saturated heterocycles. The van der Waals surface area contributed by atoms with Gasteiger partial charge in [-0.3, -0.25) is 0 Å². The standard InChI is InChI=1S/C15H29N5/c1-12(18-11-15(2,3)4)19-14(6-8-16)20-9-7-13(10-20)17-5/h6,8,13,17-18H,1,7,9-11,16H2,2-5H3/b8-6-,19-14?/t13-/m0/s1. The van der Waals surface area contributed by atoms with Crippen LogP contribution in [0, 0.1) is 5.41 Å². The lowest BCUT2D eigenvalue weighted by molar-refractivity contribution is 0.396. The van der Waals surface area contributed by atoms with E-state index in [4.69, 9.17) is 5.73 Å². The molecule has 1 heterocycles. The van der Waals surface area contributed by atoms with E-state index in [1.165, 1.54) is 6.20 Å². The Morgan fingerprint density at radius 3 is 2.70 bits per heavy atom. The van der Waals surface area contributed by atoms with Crippen molar-refractivity contribution >= 4 is 5.84 Å². The van der Waals surface area contributed by atoms with Crippen LogP contribution in [-0.4, -0.2) is 43.5 Å². The van der Waals surface area contributed by atoms with Gasteiger partial charge in [-0.25, -0.2) is 4.99 Å².